The number of anilines is 1. The van der Waals surface area contributed by atoms with Crippen molar-refractivity contribution in [1.29, 1.82) is 0 Å². The van der Waals surface area contributed by atoms with Crippen LogP contribution in [0.15, 0.2) is 29.3 Å². The predicted octanol–water partition coefficient (Wildman–Crippen LogP) is 2.37. The van der Waals surface area contributed by atoms with Crippen molar-refractivity contribution >= 4 is 41.5 Å². The third-order valence-electron chi connectivity index (χ3n) is 2.83. The SMILES string of the molecule is CCc1cccc(NC(N)=NCCNC(=O)C(C)C)c1.I. The molecular weight excluding hydrogens is 379 g/mol. The number of carbonyl (C=O) groups excluding carboxylic acids is 1. The Hall–Kier alpha value is -1.31. The summed E-state index contributed by atoms with van der Waals surface area (Å²) in [6.07, 6.45) is 0.980. The second kappa shape index (κ2) is 10.4. The first-order valence-electron chi connectivity index (χ1n) is 6.96. The number of nitrogens with one attached hydrogen (secondary N) is 2. The first kappa shape index (κ1) is 19.7. The third-order valence-corrected chi connectivity index (χ3v) is 2.83. The van der Waals surface area contributed by atoms with Gasteiger partial charge in [0.25, 0.3) is 0 Å². The Morgan fingerprint density at radius 1 is 1.38 bits per heavy atom. The van der Waals surface area contributed by atoms with Crippen LogP contribution in [0.2, 0.25) is 0 Å². The highest BCUT2D eigenvalue weighted by Crippen LogP contribution is 2.10. The second-order valence-corrected chi connectivity index (χ2v) is 4.89. The van der Waals surface area contributed by atoms with Gasteiger partial charge in [-0.25, -0.2) is 0 Å². The van der Waals surface area contributed by atoms with Crippen LogP contribution in [0.5, 0.6) is 0 Å². The van der Waals surface area contributed by atoms with Crippen molar-refractivity contribution in [2.24, 2.45) is 16.6 Å². The van der Waals surface area contributed by atoms with Crippen molar-refractivity contribution in [3.63, 3.8) is 0 Å². The quantitative estimate of drug-likeness (QED) is 0.295. The van der Waals surface area contributed by atoms with Crippen LogP contribution < -0.4 is 16.4 Å². The minimum atomic E-state index is -0.00812. The zero-order valence-electron chi connectivity index (χ0n) is 12.8. The molecule has 118 valence electrons. The zero-order valence-corrected chi connectivity index (χ0v) is 15.2. The fourth-order valence-corrected chi connectivity index (χ4v) is 1.62. The van der Waals surface area contributed by atoms with E-state index in [0.29, 0.717) is 19.0 Å². The van der Waals surface area contributed by atoms with Crippen molar-refractivity contribution in [3.8, 4) is 0 Å². The molecule has 1 aromatic carbocycles. The van der Waals surface area contributed by atoms with Gasteiger partial charge in [-0.3, -0.25) is 9.79 Å². The molecule has 6 heteroatoms. The zero-order chi connectivity index (χ0) is 15.0. The molecule has 0 aliphatic rings. The topological polar surface area (TPSA) is 79.5 Å². The minimum absolute atomic E-state index is 0. The molecule has 0 radical (unpaired) electrons. The molecule has 0 saturated heterocycles. The molecule has 1 aromatic rings. The van der Waals surface area contributed by atoms with Gasteiger partial charge in [-0.05, 0) is 24.1 Å². The number of nitrogens with zero attached hydrogens (tertiary/aromatic N) is 1. The average Bonchev–Trinajstić information content (AvgIpc) is 2.43. The lowest BCUT2D eigenvalue weighted by Crippen LogP contribution is -2.31. The number of halogens is 1. The molecule has 0 unspecified atom stereocenters. The number of guanidine groups is 1. The average molecular weight is 404 g/mol. The standard InChI is InChI=1S/C15H24N4O.HI/c1-4-12-6-5-7-13(10-12)19-15(16)18-9-8-17-14(20)11(2)3;/h5-7,10-11H,4,8-9H2,1-3H3,(H,17,20)(H3,16,18,19);1H. The molecule has 0 bridgehead atoms. The van der Waals surface area contributed by atoms with E-state index < -0.39 is 0 Å². The van der Waals surface area contributed by atoms with Crippen molar-refractivity contribution in [2.75, 3.05) is 18.4 Å². The van der Waals surface area contributed by atoms with E-state index in [1.54, 1.807) is 0 Å². The highest BCUT2D eigenvalue weighted by Gasteiger charge is 2.04. The Labute approximate surface area is 143 Å². The first-order chi connectivity index (χ1) is 9.52. The number of benzene rings is 1. The van der Waals surface area contributed by atoms with Gasteiger partial charge in [0, 0.05) is 18.2 Å². The highest BCUT2D eigenvalue weighted by molar-refractivity contribution is 14.0. The summed E-state index contributed by atoms with van der Waals surface area (Å²) in [5, 5.41) is 5.83. The molecule has 0 atom stereocenters. The molecule has 0 heterocycles. The Kier molecular flexibility index (Phi) is 9.77. The summed E-state index contributed by atoms with van der Waals surface area (Å²) in [6, 6.07) is 8.04. The van der Waals surface area contributed by atoms with Gasteiger partial charge in [0.15, 0.2) is 5.96 Å². The van der Waals surface area contributed by atoms with Gasteiger partial charge in [0.05, 0.1) is 6.54 Å². The van der Waals surface area contributed by atoms with Gasteiger partial charge >= 0.3 is 0 Å². The van der Waals surface area contributed by atoms with E-state index in [-0.39, 0.29) is 35.8 Å². The van der Waals surface area contributed by atoms with Gasteiger partial charge in [-0.15, -0.1) is 24.0 Å². The molecule has 1 rings (SSSR count). The van der Waals surface area contributed by atoms with Crippen LogP contribution >= 0.6 is 24.0 Å². The number of rotatable bonds is 6. The summed E-state index contributed by atoms with van der Waals surface area (Å²) >= 11 is 0. The highest BCUT2D eigenvalue weighted by atomic mass is 127. The molecule has 0 fully saturated rings. The first-order valence-corrected chi connectivity index (χ1v) is 6.96. The number of hydrogen-bond acceptors (Lipinski definition) is 2. The number of nitrogens with two attached hydrogens (primary N) is 1. The maximum Gasteiger partial charge on any atom is 0.222 e. The maximum atomic E-state index is 11.3. The fourth-order valence-electron chi connectivity index (χ4n) is 1.62. The van der Waals surface area contributed by atoms with Gasteiger partial charge in [0.2, 0.25) is 5.91 Å². The Bertz CT molecular complexity index is 474. The summed E-state index contributed by atoms with van der Waals surface area (Å²) in [7, 11) is 0. The molecule has 5 nitrogen and oxygen atoms in total. The number of aliphatic imine (C=N–C) groups is 1. The molecule has 0 aliphatic heterocycles. The van der Waals surface area contributed by atoms with E-state index in [1.165, 1.54) is 5.56 Å². The van der Waals surface area contributed by atoms with Crippen LogP contribution in [0.4, 0.5) is 5.69 Å². The van der Waals surface area contributed by atoms with Crippen molar-refractivity contribution in [2.45, 2.75) is 27.2 Å². The number of hydrogen-bond donors (Lipinski definition) is 3. The normalized spacial score (nSPS) is 11.0. The van der Waals surface area contributed by atoms with E-state index >= 15 is 0 Å². The molecular formula is C15H25IN4O. The van der Waals surface area contributed by atoms with Crippen molar-refractivity contribution in [1.82, 2.24) is 5.32 Å². The van der Waals surface area contributed by atoms with Crippen molar-refractivity contribution in [3.05, 3.63) is 29.8 Å². The molecule has 21 heavy (non-hydrogen) atoms. The number of amides is 1. The fraction of sp³-hybridized carbons (Fsp3) is 0.467. The third kappa shape index (κ3) is 7.89. The van der Waals surface area contributed by atoms with E-state index in [2.05, 4.69) is 28.6 Å². The molecule has 0 aromatic heterocycles. The maximum absolute atomic E-state index is 11.3. The lowest BCUT2D eigenvalue weighted by Gasteiger charge is -2.08. The molecule has 0 saturated carbocycles. The van der Waals surface area contributed by atoms with E-state index in [0.717, 1.165) is 12.1 Å². The van der Waals surface area contributed by atoms with Crippen LogP contribution in [0.25, 0.3) is 0 Å². The predicted molar refractivity (Wildman–Crippen MR) is 99.2 cm³/mol. The summed E-state index contributed by atoms with van der Waals surface area (Å²) in [6.45, 7) is 6.78. The van der Waals surface area contributed by atoms with Crippen LogP contribution in [0.3, 0.4) is 0 Å². The van der Waals surface area contributed by atoms with Crippen LogP contribution in [-0.4, -0.2) is 25.0 Å². The van der Waals surface area contributed by atoms with E-state index in [9.17, 15) is 4.79 Å². The van der Waals surface area contributed by atoms with E-state index in [4.69, 9.17) is 5.73 Å². The Morgan fingerprint density at radius 2 is 2.10 bits per heavy atom. The monoisotopic (exact) mass is 404 g/mol. The Morgan fingerprint density at radius 3 is 2.71 bits per heavy atom. The molecule has 4 N–H and O–H groups in total. The summed E-state index contributed by atoms with van der Waals surface area (Å²) < 4.78 is 0. The lowest BCUT2D eigenvalue weighted by atomic mass is 10.1. The van der Waals surface area contributed by atoms with Gasteiger partial charge in [-0.2, -0.15) is 0 Å². The van der Waals surface area contributed by atoms with Crippen LogP contribution in [0, 0.1) is 5.92 Å². The largest absolute Gasteiger partial charge is 0.370 e. The van der Waals surface area contributed by atoms with Crippen LogP contribution in [-0.2, 0) is 11.2 Å². The molecule has 0 spiro atoms. The summed E-state index contributed by atoms with van der Waals surface area (Å²) in [4.78, 5) is 15.5. The lowest BCUT2D eigenvalue weighted by molar-refractivity contribution is -0.123. The van der Waals surface area contributed by atoms with Gasteiger partial charge < -0.3 is 16.4 Å². The summed E-state index contributed by atoms with van der Waals surface area (Å²) in [5.41, 5.74) is 7.97. The van der Waals surface area contributed by atoms with Gasteiger partial charge in [-0.1, -0.05) is 32.9 Å². The van der Waals surface area contributed by atoms with Gasteiger partial charge in [0.1, 0.15) is 0 Å². The number of carbonyl (C=O) groups is 1. The van der Waals surface area contributed by atoms with Crippen LogP contribution in [0.1, 0.15) is 26.3 Å². The van der Waals surface area contributed by atoms with E-state index in [1.807, 2.05) is 32.0 Å². The smallest absolute Gasteiger partial charge is 0.222 e. The number of aryl methyl sites for hydroxylation is 1. The molecule has 0 aliphatic carbocycles. The second-order valence-electron chi connectivity index (χ2n) is 4.89. The molecule has 1 amide bonds. The Balaban J connectivity index is 0.00000400. The minimum Gasteiger partial charge on any atom is -0.370 e. The summed E-state index contributed by atoms with van der Waals surface area (Å²) in [5.74, 6) is 0.380. The van der Waals surface area contributed by atoms with Crippen molar-refractivity contribution < 1.29 is 4.79 Å².